The number of carboxylic acid groups (broad SMARTS) is 1. The average molecular weight is 285 g/mol. The Morgan fingerprint density at radius 1 is 1.37 bits per heavy atom. The van der Waals surface area contributed by atoms with E-state index in [0.717, 1.165) is 18.4 Å². The highest BCUT2D eigenvalue weighted by Gasteiger charge is 2.18. The van der Waals surface area contributed by atoms with Gasteiger partial charge in [-0.25, -0.2) is 0 Å². The molecular formula is C15H21ClO3. The van der Waals surface area contributed by atoms with Gasteiger partial charge in [-0.3, -0.25) is 4.79 Å². The van der Waals surface area contributed by atoms with Crippen molar-refractivity contribution in [2.75, 3.05) is 13.2 Å². The zero-order valence-electron chi connectivity index (χ0n) is 11.3. The molecule has 1 N–H and O–H groups in total. The van der Waals surface area contributed by atoms with Crippen molar-refractivity contribution < 1.29 is 14.6 Å². The lowest BCUT2D eigenvalue weighted by Gasteiger charge is -2.13. The van der Waals surface area contributed by atoms with E-state index in [9.17, 15) is 9.90 Å². The number of ether oxygens (including phenoxy) is 1. The largest absolute Gasteiger partial charge is 0.481 e. The van der Waals surface area contributed by atoms with Crippen LogP contribution in [-0.2, 0) is 16.0 Å². The lowest BCUT2D eigenvalue weighted by Crippen LogP contribution is -2.19. The van der Waals surface area contributed by atoms with Crippen molar-refractivity contribution in [3.05, 3.63) is 34.9 Å². The van der Waals surface area contributed by atoms with Gasteiger partial charge in [-0.15, -0.1) is 0 Å². The van der Waals surface area contributed by atoms with Crippen molar-refractivity contribution in [1.82, 2.24) is 0 Å². The number of benzene rings is 1. The highest BCUT2D eigenvalue weighted by atomic mass is 35.5. The summed E-state index contributed by atoms with van der Waals surface area (Å²) in [6.45, 7) is 3.29. The Hall–Kier alpha value is -1.06. The minimum atomic E-state index is -0.793. The Labute approximate surface area is 119 Å². The zero-order valence-corrected chi connectivity index (χ0v) is 12.0. The maximum Gasteiger partial charge on any atom is 0.306 e. The van der Waals surface area contributed by atoms with Crippen molar-refractivity contribution in [3.8, 4) is 0 Å². The molecule has 0 aliphatic rings. The van der Waals surface area contributed by atoms with Crippen LogP contribution >= 0.6 is 11.6 Å². The van der Waals surface area contributed by atoms with Crippen LogP contribution in [0, 0.1) is 5.92 Å². The van der Waals surface area contributed by atoms with Gasteiger partial charge in [0.05, 0.1) is 5.92 Å². The molecular weight excluding hydrogens is 264 g/mol. The first kappa shape index (κ1) is 16.0. The summed E-state index contributed by atoms with van der Waals surface area (Å²) in [4.78, 5) is 11.2. The van der Waals surface area contributed by atoms with Gasteiger partial charge in [0.25, 0.3) is 0 Å². The fourth-order valence-electron chi connectivity index (χ4n) is 1.82. The molecule has 1 unspecified atom stereocenters. The van der Waals surface area contributed by atoms with E-state index in [4.69, 9.17) is 16.3 Å². The second-order valence-corrected chi connectivity index (χ2v) is 4.99. The van der Waals surface area contributed by atoms with E-state index in [1.807, 2.05) is 18.2 Å². The van der Waals surface area contributed by atoms with Gasteiger partial charge < -0.3 is 9.84 Å². The fraction of sp³-hybridized carbons (Fsp3) is 0.533. The van der Waals surface area contributed by atoms with Crippen molar-refractivity contribution in [3.63, 3.8) is 0 Å². The Balaban J connectivity index is 2.45. The van der Waals surface area contributed by atoms with Crippen molar-refractivity contribution in [2.45, 2.75) is 32.6 Å². The quantitative estimate of drug-likeness (QED) is 0.702. The van der Waals surface area contributed by atoms with E-state index in [2.05, 4.69) is 6.92 Å². The third kappa shape index (κ3) is 6.08. The average Bonchev–Trinajstić information content (AvgIpc) is 2.39. The van der Waals surface area contributed by atoms with Gasteiger partial charge in [0.1, 0.15) is 0 Å². The molecule has 0 bridgehead atoms. The lowest BCUT2D eigenvalue weighted by atomic mass is 9.96. The van der Waals surface area contributed by atoms with Gasteiger partial charge in [-0.05, 0) is 30.9 Å². The maximum atomic E-state index is 11.2. The highest BCUT2D eigenvalue weighted by molar-refractivity contribution is 6.31. The third-order valence-corrected chi connectivity index (χ3v) is 3.39. The van der Waals surface area contributed by atoms with Gasteiger partial charge in [0.2, 0.25) is 0 Å². The Bertz CT molecular complexity index is 393. The van der Waals surface area contributed by atoms with Gasteiger partial charge in [0.15, 0.2) is 0 Å². The Kier molecular flexibility index (Phi) is 7.53. The number of aliphatic carboxylic acids is 1. The van der Waals surface area contributed by atoms with Gasteiger partial charge in [0, 0.05) is 18.2 Å². The second-order valence-electron chi connectivity index (χ2n) is 4.59. The molecule has 0 aromatic heterocycles. The SMILES string of the molecule is CCCCOCCC(Cc1ccccc1Cl)C(=O)O. The summed E-state index contributed by atoms with van der Waals surface area (Å²) >= 11 is 6.05. The Morgan fingerprint density at radius 2 is 2.11 bits per heavy atom. The number of unbranched alkanes of at least 4 members (excludes halogenated alkanes) is 1. The predicted molar refractivity (Wildman–Crippen MR) is 76.6 cm³/mol. The molecule has 0 fully saturated rings. The summed E-state index contributed by atoms with van der Waals surface area (Å²) in [7, 11) is 0. The molecule has 0 heterocycles. The minimum Gasteiger partial charge on any atom is -0.481 e. The number of rotatable bonds is 9. The summed E-state index contributed by atoms with van der Waals surface area (Å²) in [5.74, 6) is -1.24. The van der Waals surface area contributed by atoms with Crippen LogP contribution in [-0.4, -0.2) is 24.3 Å². The highest BCUT2D eigenvalue weighted by Crippen LogP contribution is 2.20. The van der Waals surface area contributed by atoms with E-state index in [1.165, 1.54) is 0 Å². The van der Waals surface area contributed by atoms with E-state index in [0.29, 0.717) is 31.1 Å². The van der Waals surface area contributed by atoms with E-state index in [-0.39, 0.29) is 0 Å². The van der Waals surface area contributed by atoms with Crippen molar-refractivity contribution in [1.29, 1.82) is 0 Å². The zero-order chi connectivity index (χ0) is 14.1. The molecule has 4 heteroatoms. The normalized spacial score (nSPS) is 12.3. The molecule has 3 nitrogen and oxygen atoms in total. The first-order valence-electron chi connectivity index (χ1n) is 6.69. The topological polar surface area (TPSA) is 46.5 Å². The molecule has 106 valence electrons. The standard InChI is InChI=1S/C15H21ClO3/c1-2-3-9-19-10-8-13(15(17)18)11-12-6-4-5-7-14(12)16/h4-7,13H,2-3,8-11H2,1H3,(H,17,18). The fourth-order valence-corrected chi connectivity index (χ4v) is 2.03. The number of hydrogen-bond donors (Lipinski definition) is 1. The second kappa shape index (κ2) is 8.94. The van der Waals surface area contributed by atoms with Crippen LogP contribution in [0.1, 0.15) is 31.7 Å². The predicted octanol–water partition coefficient (Wildman–Crippen LogP) is 3.79. The van der Waals surface area contributed by atoms with Crippen LogP contribution in [0.2, 0.25) is 5.02 Å². The molecule has 1 rings (SSSR count). The van der Waals surface area contributed by atoms with Crippen LogP contribution in [0.15, 0.2) is 24.3 Å². The summed E-state index contributed by atoms with van der Waals surface area (Å²) in [5, 5.41) is 9.86. The van der Waals surface area contributed by atoms with Crippen LogP contribution in [0.3, 0.4) is 0 Å². The molecule has 19 heavy (non-hydrogen) atoms. The third-order valence-electron chi connectivity index (χ3n) is 3.03. The first-order chi connectivity index (χ1) is 9.15. The monoisotopic (exact) mass is 284 g/mol. The van der Waals surface area contributed by atoms with E-state index >= 15 is 0 Å². The molecule has 0 amide bonds. The molecule has 1 aromatic rings. The molecule has 1 aromatic carbocycles. The molecule has 0 saturated heterocycles. The summed E-state index contributed by atoms with van der Waals surface area (Å²) in [5.41, 5.74) is 0.880. The minimum absolute atomic E-state index is 0.443. The molecule has 1 atom stereocenters. The molecule has 0 aliphatic heterocycles. The smallest absolute Gasteiger partial charge is 0.306 e. The first-order valence-corrected chi connectivity index (χ1v) is 7.07. The maximum absolute atomic E-state index is 11.2. The van der Waals surface area contributed by atoms with E-state index < -0.39 is 11.9 Å². The lowest BCUT2D eigenvalue weighted by molar-refractivity contribution is -0.142. The summed E-state index contributed by atoms with van der Waals surface area (Å²) in [6.07, 6.45) is 3.07. The number of hydrogen-bond acceptors (Lipinski definition) is 2. The summed E-state index contributed by atoms with van der Waals surface area (Å²) in [6, 6.07) is 7.37. The van der Waals surface area contributed by atoms with Gasteiger partial charge >= 0.3 is 5.97 Å². The van der Waals surface area contributed by atoms with Gasteiger partial charge in [-0.2, -0.15) is 0 Å². The van der Waals surface area contributed by atoms with Gasteiger partial charge in [-0.1, -0.05) is 43.1 Å². The van der Waals surface area contributed by atoms with Crippen LogP contribution in [0.4, 0.5) is 0 Å². The van der Waals surface area contributed by atoms with Crippen LogP contribution in [0.5, 0.6) is 0 Å². The number of halogens is 1. The van der Waals surface area contributed by atoms with Crippen molar-refractivity contribution >= 4 is 17.6 Å². The van der Waals surface area contributed by atoms with Crippen LogP contribution in [0.25, 0.3) is 0 Å². The number of carboxylic acids is 1. The number of carbonyl (C=O) groups is 1. The van der Waals surface area contributed by atoms with E-state index in [1.54, 1.807) is 6.07 Å². The molecule has 0 saturated carbocycles. The molecule has 0 aliphatic carbocycles. The molecule has 0 spiro atoms. The van der Waals surface area contributed by atoms with Crippen LogP contribution < -0.4 is 0 Å². The van der Waals surface area contributed by atoms with Crippen molar-refractivity contribution in [2.24, 2.45) is 5.92 Å². The summed E-state index contributed by atoms with van der Waals surface area (Å²) < 4.78 is 5.43. The molecule has 0 radical (unpaired) electrons. The Morgan fingerprint density at radius 3 is 2.74 bits per heavy atom.